The van der Waals surface area contributed by atoms with Crippen LogP contribution in [0.3, 0.4) is 0 Å². The predicted molar refractivity (Wildman–Crippen MR) is 97.8 cm³/mol. The number of pyridine rings is 1. The number of aromatic nitrogens is 1. The summed E-state index contributed by atoms with van der Waals surface area (Å²) in [5.41, 5.74) is 1.84. The van der Waals surface area contributed by atoms with Gasteiger partial charge in [0.25, 0.3) is 5.91 Å². The summed E-state index contributed by atoms with van der Waals surface area (Å²) in [4.78, 5) is 28.5. The molecule has 5 nitrogen and oxygen atoms in total. The SMILES string of the molecule is O=C(NC1CCCCC1O)c1ccc2[nH]c3ccccc3c(=O)c2c1. The average Bonchev–Trinajstić information content (AvgIpc) is 2.63. The van der Waals surface area contributed by atoms with Crippen LogP contribution in [-0.4, -0.2) is 28.1 Å². The quantitative estimate of drug-likeness (QED) is 0.629. The molecule has 1 aliphatic rings. The van der Waals surface area contributed by atoms with E-state index in [1.807, 2.05) is 18.2 Å². The number of aliphatic hydroxyl groups excluding tert-OH is 1. The molecule has 0 saturated heterocycles. The largest absolute Gasteiger partial charge is 0.391 e. The standard InChI is InChI=1S/C20H20N2O3/c23-18-8-4-3-7-17(18)22-20(25)12-9-10-16-14(11-12)19(24)13-5-1-2-6-15(13)21-16/h1-2,5-6,9-11,17-18,23H,3-4,7-8H2,(H,21,24)(H,22,25). The maximum atomic E-state index is 12.7. The monoisotopic (exact) mass is 336 g/mol. The molecule has 4 rings (SSSR count). The zero-order chi connectivity index (χ0) is 17.4. The summed E-state index contributed by atoms with van der Waals surface area (Å²) in [6.07, 6.45) is 3.00. The Morgan fingerprint density at radius 2 is 1.80 bits per heavy atom. The van der Waals surface area contributed by atoms with Gasteiger partial charge in [0.2, 0.25) is 0 Å². The normalized spacial score (nSPS) is 20.7. The van der Waals surface area contributed by atoms with Crippen LogP contribution >= 0.6 is 0 Å². The van der Waals surface area contributed by atoms with Crippen LogP contribution in [0, 0.1) is 0 Å². The summed E-state index contributed by atoms with van der Waals surface area (Å²) in [5.74, 6) is -0.250. The van der Waals surface area contributed by atoms with Crippen LogP contribution in [0.1, 0.15) is 36.0 Å². The Kier molecular flexibility index (Phi) is 4.01. The van der Waals surface area contributed by atoms with Crippen LogP contribution in [0.5, 0.6) is 0 Å². The molecule has 2 aromatic carbocycles. The highest BCUT2D eigenvalue weighted by Crippen LogP contribution is 2.20. The lowest BCUT2D eigenvalue weighted by atomic mass is 9.92. The first-order valence-corrected chi connectivity index (χ1v) is 8.67. The zero-order valence-corrected chi connectivity index (χ0v) is 13.8. The third-order valence-electron chi connectivity index (χ3n) is 5.01. The van der Waals surface area contributed by atoms with Crippen molar-refractivity contribution in [2.75, 3.05) is 0 Å². The minimum Gasteiger partial charge on any atom is -0.391 e. The molecule has 0 bridgehead atoms. The van der Waals surface area contributed by atoms with Crippen molar-refractivity contribution in [1.82, 2.24) is 10.3 Å². The summed E-state index contributed by atoms with van der Waals surface area (Å²) in [5, 5.41) is 14.0. The van der Waals surface area contributed by atoms with E-state index in [0.29, 0.717) is 28.3 Å². The molecule has 128 valence electrons. The van der Waals surface area contributed by atoms with Crippen molar-refractivity contribution in [3.05, 3.63) is 58.3 Å². The van der Waals surface area contributed by atoms with E-state index in [4.69, 9.17) is 0 Å². The van der Waals surface area contributed by atoms with Gasteiger partial charge >= 0.3 is 0 Å². The summed E-state index contributed by atoms with van der Waals surface area (Å²) < 4.78 is 0. The number of fused-ring (bicyclic) bond motifs is 2. The van der Waals surface area contributed by atoms with Gasteiger partial charge in [-0.15, -0.1) is 0 Å². The van der Waals surface area contributed by atoms with E-state index < -0.39 is 6.10 Å². The minimum atomic E-state index is -0.495. The fraction of sp³-hybridized carbons (Fsp3) is 0.300. The van der Waals surface area contributed by atoms with Gasteiger partial charge in [-0.05, 0) is 43.2 Å². The maximum absolute atomic E-state index is 12.7. The number of para-hydroxylation sites is 1. The van der Waals surface area contributed by atoms with E-state index in [2.05, 4.69) is 10.3 Å². The lowest BCUT2D eigenvalue weighted by Gasteiger charge is -2.28. The molecule has 5 heteroatoms. The van der Waals surface area contributed by atoms with Crippen LogP contribution in [0.15, 0.2) is 47.3 Å². The van der Waals surface area contributed by atoms with E-state index >= 15 is 0 Å². The molecule has 1 aliphatic carbocycles. The Morgan fingerprint density at radius 3 is 2.64 bits per heavy atom. The number of hydrogen-bond donors (Lipinski definition) is 3. The lowest BCUT2D eigenvalue weighted by Crippen LogP contribution is -2.45. The van der Waals surface area contributed by atoms with Gasteiger partial charge in [-0.1, -0.05) is 25.0 Å². The second kappa shape index (κ2) is 6.33. The number of hydrogen-bond acceptors (Lipinski definition) is 3. The second-order valence-electron chi connectivity index (χ2n) is 6.69. The number of carbonyl (C=O) groups excluding carboxylic acids is 1. The highest BCUT2D eigenvalue weighted by molar-refractivity contribution is 6.00. The molecular weight excluding hydrogens is 316 g/mol. The summed E-state index contributed by atoms with van der Waals surface area (Å²) >= 11 is 0. The van der Waals surface area contributed by atoms with Gasteiger partial charge in [-0.2, -0.15) is 0 Å². The van der Waals surface area contributed by atoms with Crippen molar-refractivity contribution >= 4 is 27.7 Å². The Morgan fingerprint density at radius 1 is 1.04 bits per heavy atom. The van der Waals surface area contributed by atoms with Gasteiger partial charge in [0, 0.05) is 27.4 Å². The molecule has 3 N–H and O–H groups in total. The number of rotatable bonds is 2. The van der Waals surface area contributed by atoms with Crippen molar-refractivity contribution < 1.29 is 9.90 Å². The molecule has 2 atom stereocenters. The molecule has 1 heterocycles. The zero-order valence-electron chi connectivity index (χ0n) is 13.8. The number of amides is 1. The molecule has 1 fully saturated rings. The Hall–Kier alpha value is -2.66. The third-order valence-corrected chi connectivity index (χ3v) is 5.01. The number of aromatic amines is 1. The van der Waals surface area contributed by atoms with Crippen LogP contribution < -0.4 is 10.7 Å². The molecule has 2 unspecified atom stereocenters. The highest BCUT2D eigenvalue weighted by Gasteiger charge is 2.25. The second-order valence-corrected chi connectivity index (χ2v) is 6.69. The predicted octanol–water partition coefficient (Wildman–Crippen LogP) is 2.71. The first kappa shape index (κ1) is 15.8. The van der Waals surface area contributed by atoms with Crippen molar-refractivity contribution in [2.24, 2.45) is 0 Å². The Bertz CT molecular complexity index is 1010. The lowest BCUT2D eigenvalue weighted by molar-refractivity contribution is 0.0717. The average molecular weight is 336 g/mol. The number of benzene rings is 2. The van der Waals surface area contributed by atoms with Crippen LogP contribution in [0.4, 0.5) is 0 Å². The van der Waals surface area contributed by atoms with Crippen molar-refractivity contribution in [3.63, 3.8) is 0 Å². The number of aliphatic hydroxyl groups is 1. The third kappa shape index (κ3) is 2.91. The fourth-order valence-corrected chi connectivity index (χ4v) is 3.59. The van der Waals surface area contributed by atoms with Crippen LogP contribution in [-0.2, 0) is 0 Å². The topological polar surface area (TPSA) is 82.2 Å². The van der Waals surface area contributed by atoms with Gasteiger partial charge < -0.3 is 15.4 Å². The molecule has 0 spiro atoms. The van der Waals surface area contributed by atoms with Crippen LogP contribution in [0.2, 0.25) is 0 Å². The molecule has 1 saturated carbocycles. The number of carbonyl (C=O) groups is 1. The first-order chi connectivity index (χ1) is 12.1. The molecule has 25 heavy (non-hydrogen) atoms. The molecule has 3 aromatic rings. The van der Waals surface area contributed by atoms with E-state index in [-0.39, 0.29) is 17.4 Å². The van der Waals surface area contributed by atoms with Gasteiger partial charge in [-0.3, -0.25) is 9.59 Å². The maximum Gasteiger partial charge on any atom is 0.251 e. The van der Waals surface area contributed by atoms with E-state index in [1.54, 1.807) is 24.3 Å². The fourth-order valence-electron chi connectivity index (χ4n) is 3.59. The highest BCUT2D eigenvalue weighted by atomic mass is 16.3. The molecule has 0 aliphatic heterocycles. The molecular formula is C20H20N2O3. The summed E-state index contributed by atoms with van der Waals surface area (Å²) in [6.45, 7) is 0. The molecule has 0 radical (unpaired) electrons. The minimum absolute atomic E-state index is 0.0864. The van der Waals surface area contributed by atoms with E-state index in [9.17, 15) is 14.7 Å². The van der Waals surface area contributed by atoms with Gasteiger partial charge in [-0.25, -0.2) is 0 Å². The summed E-state index contributed by atoms with van der Waals surface area (Å²) in [7, 11) is 0. The van der Waals surface area contributed by atoms with Crippen molar-refractivity contribution in [1.29, 1.82) is 0 Å². The Balaban J connectivity index is 1.70. The molecule has 1 amide bonds. The number of H-pyrrole nitrogens is 1. The van der Waals surface area contributed by atoms with E-state index in [1.165, 1.54) is 0 Å². The van der Waals surface area contributed by atoms with Crippen LogP contribution in [0.25, 0.3) is 21.8 Å². The van der Waals surface area contributed by atoms with Gasteiger partial charge in [0.05, 0.1) is 12.1 Å². The molecule has 1 aromatic heterocycles. The first-order valence-electron chi connectivity index (χ1n) is 8.67. The van der Waals surface area contributed by atoms with E-state index in [0.717, 1.165) is 24.8 Å². The van der Waals surface area contributed by atoms with Crippen molar-refractivity contribution in [3.8, 4) is 0 Å². The summed E-state index contributed by atoms with van der Waals surface area (Å²) in [6, 6.07) is 12.2. The smallest absolute Gasteiger partial charge is 0.251 e. The van der Waals surface area contributed by atoms with Crippen molar-refractivity contribution in [2.45, 2.75) is 37.8 Å². The number of nitrogens with one attached hydrogen (secondary N) is 2. The van der Waals surface area contributed by atoms with Gasteiger partial charge in [0.1, 0.15) is 0 Å². The Labute approximate surface area is 144 Å². The van der Waals surface area contributed by atoms with Gasteiger partial charge in [0.15, 0.2) is 5.43 Å².